The van der Waals surface area contributed by atoms with E-state index in [1.54, 1.807) is 35.2 Å². The van der Waals surface area contributed by atoms with Crippen molar-refractivity contribution in [3.63, 3.8) is 0 Å². The highest BCUT2D eigenvalue weighted by Gasteiger charge is 2.30. The normalized spacial score (nSPS) is 12.2. The number of halogens is 1. The summed E-state index contributed by atoms with van der Waals surface area (Å²) in [7, 11) is -2.13. The first-order chi connectivity index (χ1) is 18.7. The molecule has 39 heavy (non-hydrogen) atoms. The van der Waals surface area contributed by atoms with Crippen molar-refractivity contribution < 1.29 is 18.0 Å². The highest BCUT2D eigenvalue weighted by Crippen LogP contribution is 2.19. The summed E-state index contributed by atoms with van der Waals surface area (Å²) in [4.78, 5) is 28.9. The summed E-state index contributed by atoms with van der Waals surface area (Å²) in [6.07, 6.45) is 1.60. The van der Waals surface area contributed by atoms with Gasteiger partial charge in [0.1, 0.15) is 6.04 Å². The summed E-state index contributed by atoms with van der Waals surface area (Å²) in [5.41, 5.74) is 1.85. The predicted octanol–water partition coefficient (Wildman–Crippen LogP) is 5.02. The Morgan fingerprint density at radius 3 is 2.13 bits per heavy atom. The van der Waals surface area contributed by atoms with E-state index in [1.807, 2.05) is 61.5 Å². The molecule has 208 valence electrons. The second-order valence-corrected chi connectivity index (χ2v) is 12.3. The molecule has 0 spiro atoms. The van der Waals surface area contributed by atoms with Crippen molar-refractivity contribution in [1.29, 1.82) is 0 Å². The van der Waals surface area contributed by atoms with Gasteiger partial charge in [-0.2, -0.15) is 0 Å². The van der Waals surface area contributed by atoms with Crippen LogP contribution in [0.1, 0.15) is 37.3 Å². The zero-order valence-corrected chi connectivity index (χ0v) is 24.8. The molecule has 7 nitrogen and oxygen atoms in total. The molecular weight excluding hydrogens is 578 g/mol. The average molecular weight is 615 g/mol. The molecule has 0 aliphatic heterocycles. The van der Waals surface area contributed by atoms with Crippen LogP contribution >= 0.6 is 15.9 Å². The number of nitrogens with one attached hydrogen (secondary N) is 1. The third-order valence-corrected chi connectivity index (χ3v) is 8.80. The third-order valence-electron chi connectivity index (χ3n) is 6.40. The van der Waals surface area contributed by atoms with Crippen LogP contribution in [0.25, 0.3) is 0 Å². The van der Waals surface area contributed by atoms with E-state index < -0.39 is 16.1 Å². The van der Waals surface area contributed by atoms with Crippen molar-refractivity contribution in [2.24, 2.45) is 0 Å². The van der Waals surface area contributed by atoms with Gasteiger partial charge in [0.15, 0.2) is 0 Å². The Balaban J connectivity index is 1.80. The summed E-state index contributed by atoms with van der Waals surface area (Å²) >= 11 is 3.45. The second kappa shape index (κ2) is 15.0. The van der Waals surface area contributed by atoms with Gasteiger partial charge >= 0.3 is 0 Å². The average Bonchev–Trinajstić information content (AvgIpc) is 2.95. The molecule has 1 N–H and O–H groups in total. The first-order valence-corrected chi connectivity index (χ1v) is 15.3. The zero-order valence-electron chi connectivity index (χ0n) is 22.4. The zero-order chi connectivity index (χ0) is 28.3. The van der Waals surface area contributed by atoms with Crippen LogP contribution in [0.4, 0.5) is 0 Å². The molecule has 0 fully saturated rings. The fourth-order valence-corrected chi connectivity index (χ4v) is 5.69. The fraction of sp³-hybridized carbons (Fsp3) is 0.333. The molecule has 3 aromatic rings. The Hall–Kier alpha value is -3.01. The summed E-state index contributed by atoms with van der Waals surface area (Å²) in [6.45, 7) is 2.95. The molecule has 0 heterocycles. The van der Waals surface area contributed by atoms with E-state index >= 15 is 0 Å². The van der Waals surface area contributed by atoms with Gasteiger partial charge < -0.3 is 10.2 Å². The molecular formula is C30H36BrN3O4S. The Morgan fingerprint density at radius 1 is 0.897 bits per heavy atom. The van der Waals surface area contributed by atoms with Crippen LogP contribution in [0.15, 0.2) is 94.3 Å². The first kappa shape index (κ1) is 30.5. The lowest BCUT2D eigenvalue weighted by atomic mass is 10.0. The highest BCUT2D eigenvalue weighted by atomic mass is 79.9. The quantitative estimate of drug-likeness (QED) is 0.277. The van der Waals surface area contributed by atoms with Gasteiger partial charge in [0.05, 0.1) is 4.90 Å². The van der Waals surface area contributed by atoms with E-state index in [0.717, 1.165) is 22.0 Å². The summed E-state index contributed by atoms with van der Waals surface area (Å²) in [6, 6.07) is 24.8. The van der Waals surface area contributed by atoms with Crippen LogP contribution in [-0.2, 0) is 32.6 Å². The van der Waals surface area contributed by atoms with Gasteiger partial charge in [-0.25, -0.2) is 12.7 Å². The summed E-state index contributed by atoms with van der Waals surface area (Å²) < 4.78 is 28.0. The Morgan fingerprint density at radius 2 is 1.51 bits per heavy atom. The molecule has 0 aliphatic rings. The van der Waals surface area contributed by atoms with E-state index in [0.29, 0.717) is 19.4 Å². The van der Waals surface area contributed by atoms with Gasteiger partial charge in [0.25, 0.3) is 0 Å². The van der Waals surface area contributed by atoms with Gasteiger partial charge in [0, 0.05) is 44.0 Å². The molecule has 3 rings (SSSR count). The number of hydrogen-bond acceptors (Lipinski definition) is 4. The maximum absolute atomic E-state index is 13.7. The molecule has 0 saturated carbocycles. The number of benzene rings is 3. The SMILES string of the molecule is CCCNC(=O)[C@@H](Cc1ccccc1)N(Cc1ccc(Br)cc1)C(=O)CCCN(C)S(=O)(=O)c1ccccc1. The number of sulfonamides is 1. The number of amides is 2. The molecule has 0 radical (unpaired) electrons. The van der Waals surface area contributed by atoms with Crippen molar-refractivity contribution >= 4 is 37.8 Å². The number of rotatable bonds is 14. The van der Waals surface area contributed by atoms with Gasteiger partial charge in [-0.15, -0.1) is 0 Å². The van der Waals surface area contributed by atoms with Gasteiger partial charge in [-0.3, -0.25) is 9.59 Å². The number of carbonyl (C=O) groups is 2. The minimum atomic E-state index is -3.65. The molecule has 0 aliphatic carbocycles. The van der Waals surface area contributed by atoms with E-state index in [4.69, 9.17) is 0 Å². The summed E-state index contributed by atoms with van der Waals surface area (Å²) in [5, 5.41) is 2.97. The lowest BCUT2D eigenvalue weighted by Gasteiger charge is -2.32. The van der Waals surface area contributed by atoms with Crippen LogP contribution in [0.3, 0.4) is 0 Å². The molecule has 9 heteroatoms. The molecule has 0 aromatic heterocycles. The van der Waals surface area contributed by atoms with Crippen LogP contribution in [0.2, 0.25) is 0 Å². The predicted molar refractivity (Wildman–Crippen MR) is 157 cm³/mol. The van der Waals surface area contributed by atoms with E-state index in [2.05, 4.69) is 21.2 Å². The van der Waals surface area contributed by atoms with Crippen molar-refractivity contribution in [2.45, 2.75) is 50.1 Å². The molecule has 0 unspecified atom stereocenters. The Labute approximate surface area is 240 Å². The monoisotopic (exact) mass is 613 g/mol. The van der Waals surface area contributed by atoms with Crippen LogP contribution in [-0.4, -0.2) is 55.6 Å². The molecule has 2 amide bonds. The van der Waals surface area contributed by atoms with Gasteiger partial charge in [-0.05, 0) is 48.2 Å². The molecule has 0 saturated heterocycles. The van der Waals surface area contributed by atoms with Crippen molar-refractivity contribution in [3.8, 4) is 0 Å². The van der Waals surface area contributed by atoms with Crippen molar-refractivity contribution in [3.05, 3.63) is 101 Å². The third kappa shape index (κ3) is 9.02. The standard InChI is InChI=1S/C30H36BrN3O4S/c1-3-20-32-30(36)28(22-24-11-6-4-7-12-24)34(23-25-16-18-26(31)19-17-25)29(35)15-10-21-33(2)39(37,38)27-13-8-5-9-14-27/h4-9,11-14,16-19,28H,3,10,15,20-23H2,1-2H3,(H,32,36)/t28-/m1/s1. The number of carbonyl (C=O) groups excluding carboxylic acids is 2. The molecule has 3 aromatic carbocycles. The maximum Gasteiger partial charge on any atom is 0.243 e. The van der Waals surface area contributed by atoms with Crippen molar-refractivity contribution in [1.82, 2.24) is 14.5 Å². The van der Waals surface area contributed by atoms with Crippen LogP contribution in [0, 0.1) is 0 Å². The Bertz CT molecular complexity index is 1300. The largest absolute Gasteiger partial charge is 0.354 e. The van der Waals surface area contributed by atoms with Crippen molar-refractivity contribution in [2.75, 3.05) is 20.1 Å². The fourth-order valence-electron chi connectivity index (χ4n) is 4.20. The van der Waals surface area contributed by atoms with Gasteiger partial charge in [0.2, 0.25) is 21.8 Å². The highest BCUT2D eigenvalue weighted by molar-refractivity contribution is 9.10. The van der Waals surface area contributed by atoms with E-state index in [1.165, 1.54) is 11.4 Å². The number of hydrogen-bond donors (Lipinski definition) is 1. The topological polar surface area (TPSA) is 86.8 Å². The molecule has 0 bridgehead atoms. The summed E-state index contributed by atoms with van der Waals surface area (Å²) in [5.74, 6) is -0.397. The minimum absolute atomic E-state index is 0.109. The minimum Gasteiger partial charge on any atom is -0.354 e. The second-order valence-electron chi connectivity index (χ2n) is 9.39. The number of nitrogens with zero attached hydrogens (tertiary/aromatic N) is 2. The lowest BCUT2D eigenvalue weighted by molar-refractivity contribution is -0.141. The van der Waals surface area contributed by atoms with E-state index in [-0.39, 0.29) is 36.2 Å². The first-order valence-electron chi connectivity index (χ1n) is 13.1. The lowest BCUT2D eigenvalue weighted by Crippen LogP contribution is -2.50. The maximum atomic E-state index is 13.7. The van der Waals surface area contributed by atoms with Gasteiger partial charge in [-0.1, -0.05) is 83.5 Å². The Kier molecular flexibility index (Phi) is 11.7. The van der Waals surface area contributed by atoms with Crippen LogP contribution < -0.4 is 5.32 Å². The van der Waals surface area contributed by atoms with E-state index in [9.17, 15) is 18.0 Å². The molecule has 1 atom stereocenters. The van der Waals surface area contributed by atoms with Crippen LogP contribution in [0.5, 0.6) is 0 Å². The smallest absolute Gasteiger partial charge is 0.243 e.